The van der Waals surface area contributed by atoms with E-state index in [-0.39, 0.29) is 5.03 Å². The minimum Gasteiger partial charge on any atom is -0.329 e. The summed E-state index contributed by atoms with van der Waals surface area (Å²) in [6, 6.07) is 1.49. The van der Waals surface area contributed by atoms with Gasteiger partial charge in [0.25, 0.3) is 10.0 Å². The van der Waals surface area contributed by atoms with E-state index in [0.717, 1.165) is 25.7 Å². The van der Waals surface area contributed by atoms with Crippen LogP contribution in [0.2, 0.25) is 0 Å². The van der Waals surface area contributed by atoms with Gasteiger partial charge in [0.2, 0.25) is 0 Å². The topological polar surface area (TPSA) is 90.0 Å². The summed E-state index contributed by atoms with van der Waals surface area (Å²) >= 11 is 0. The fourth-order valence-electron chi connectivity index (χ4n) is 2.36. The number of hydrogen-bond acceptors (Lipinski definition) is 4. The molecule has 6 nitrogen and oxygen atoms in total. The molecule has 1 aliphatic rings. The Morgan fingerprint density at radius 3 is 2.65 bits per heavy atom. The third kappa shape index (κ3) is 2.36. The number of nitrogens with zero attached hydrogens (tertiary/aromatic N) is 2. The molecular formula is C10H18N4O2S. The molecule has 1 heterocycles. The number of sulfonamides is 1. The van der Waals surface area contributed by atoms with Crippen LogP contribution in [0.3, 0.4) is 0 Å². The molecule has 1 aliphatic carbocycles. The Kier molecular flexibility index (Phi) is 3.24. The molecule has 0 spiro atoms. The van der Waals surface area contributed by atoms with Gasteiger partial charge in [0.15, 0.2) is 5.03 Å². The maximum atomic E-state index is 12.2. The average Bonchev–Trinajstić information content (AvgIpc) is 2.87. The second-order valence-electron chi connectivity index (χ2n) is 4.59. The van der Waals surface area contributed by atoms with E-state index in [1.165, 1.54) is 16.9 Å². The largest absolute Gasteiger partial charge is 0.329 e. The van der Waals surface area contributed by atoms with Crippen molar-refractivity contribution < 1.29 is 8.42 Å². The zero-order valence-corrected chi connectivity index (χ0v) is 10.7. The third-order valence-corrected chi connectivity index (χ3v) is 5.01. The average molecular weight is 258 g/mol. The van der Waals surface area contributed by atoms with E-state index in [9.17, 15) is 8.42 Å². The first-order chi connectivity index (χ1) is 7.99. The molecule has 0 aliphatic heterocycles. The Labute approximate surface area is 101 Å². The minimum absolute atomic E-state index is 0.178. The molecule has 96 valence electrons. The first kappa shape index (κ1) is 12.5. The molecule has 1 aromatic heterocycles. The van der Waals surface area contributed by atoms with Gasteiger partial charge in [-0.25, -0.2) is 13.1 Å². The van der Waals surface area contributed by atoms with E-state index in [0.29, 0.717) is 6.54 Å². The van der Waals surface area contributed by atoms with Gasteiger partial charge in [0.05, 0.1) is 6.20 Å². The summed E-state index contributed by atoms with van der Waals surface area (Å²) in [6.45, 7) is 0.337. The summed E-state index contributed by atoms with van der Waals surface area (Å²) in [5.41, 5.74) is 5.25. The first-order valence-electron chi connectivity index (χ1n) is 5.71. The molecule has 0 bridgehead atoms. The van der Waals surface area contributed by atoms with Gasteiger partial charge in [-0.3, -0.25) is 4.68 Å². The Morgan fingerprint density at radius 2 is 2.18 bits per heavy atom. The van der Waals surface area contributed by atoms with Crippen molar-refractivity contribution in [3.05, 3.63) is 12.3 Å². The van der Waals surface area contributed by atoms with E-state index in [4.69, 9.17) is 5.73 Å². The van der Waals surface area contributed by atoms with Crippen molar-refractivity contribution in [3.8, 4) is 0 Å². The Hall–Kier alpha value is -0.920. The van der Waals surface area contributed by atoms with E-state index in [1.807, 2.05) is 0 Å². The fraction of sp³-hybridized carbons (Fsp3) is 0.700. The van der Waals surface area contributed by atoms with Crippen LogP contribution in [0.4, 0.5) is 0 Å². The van der Waals surface area contributed by atoms with Gasteiger partial charge in [-0.1, -0.05) is 12.8 Å². The van der Waals surface area contributed by atoms with Crippen LogP contribution < -0.4 is 10.5 Å². The number of aromatic nitrogens is 2. The molecule has 0 atom stereocenters. The van der Waals surface area contributed by atoms with Crippen molar-refractivity contribution in [1.82, 2.24) is 14.5 Å². The van der Waals surface area contributed by atoms with E-state index in [1.54, 1.807) is 7.05 Å². The van der Waals surface area contributed by atoms with Gasteiger partial charge in [0.1, 0.15) is 0 Å². The monoisotopic (exact) mass is 258 g/mol. The summed E-state index contributed by atoms with van der Waals surface area (Å²) in [5, 5.41) is 4.05. The second kappa shape index (κ2) is 4.40. The van der Waals surface area contributed by atoms with E-state index < -0.39 is 15.6 Å². The van der Waals surface area contributed by atoms with Crippen LogP contribution in [0.5, 0.6) is 0 Å². The predicted molar refractivity (Wildman–Crippen MR) is 63.8 cm³/mol. The third-order valence-electron chi connectivity index (χ3n) is 3.35. The minimum atomic E-state index is -3.53. The molecule has 1 fully saturated rings. The number of hydrogen-bond donors (Lipinski definition) is 2. The lowest BCUT2D eigenvalue weighted by Crippen LogP contribution is -2.51. The number of nitrogens with one attached hydrogen (secondary N) is 1. The van der Waals surface area contributed by atoms with Crippen LogP contribution in [0, 0.1) is 0 Å². The highest BCUT2D eigenvalue weighted by molar-refractivity contribution is 7.89. The molecule has 17 heavy (non-hydrogen) atoms. The van der Waals surface area contributed by atoms with Crippen molar-refractivity contribution in [2.45, 2.75) is 36.2 Å². The molecule has 0 amide bonds. The SMILES string of the molecule is Cn1nccc1S(=O)(=O)NC1(CN)CCCC1. The van der Waals surface area contributed by atoms with Gasteiger partial charge in [-0.05, 0) is 18.9 Å². The normalized spacial score (nSPS) is 19.6. The maximum absolute atomic E-state index is 12.2. The Bertz CT molecular complexity index is 488. The zero-order valence-electron chi connectivity index (χ0n) is 9.89. The molecule has 1 aromatic rings. The van der Waals surface area contributed by atoms with E-state index >= 15 is 0 Å². The van der Waals surface area contributed by atoms with Crippen LogP contribution in [0.25, 0.3) is 0 Å². The highest BCUT2D eigenvalue weighted by Crippen LogP contribution is 2.30. The number of aryl methyl sites for hydroxylation is 1. The molecule has 0 aromatic carbocycles. The first-order valence-corrected chi connectivity index (χ1v) is 7.19. The zero-order chi connectivity index (χ0) is 12.5. The number of nitrogens with two attached hydrogens (primary N) is 1. The molecule has 7 heteroatoms. The maximum Gasteiger partial charge on any atom is 0.258 e. The Balaban J connectivity index is 2.26. The van der Waals surface area contributed by atoms with Gasteiger partial charge in [-0.15, -0.1) is 0 Å². The molecule has 2 rings (SSSR count). The quantitative estimate of drug-likeness (QED) is 0.793. The van der Waals surface area contributed by atoms with Crippen LogP contribution in [-0.4, -0.2) is 30.3 Å². The lowest BCUT2D eigenvalue weighted by Gasteiger charge is -2.28. The van der Waals surface area contributed by atoms with Crippen LogP contribution in [0.15, 0.2) is 17.3 Å². The molecule has 0 unspecified atom stereocenters. The summed E-state index contributed by atoms with van der Waals surface area (Å²) in [4.78, 5) is 0. The highest BCUT2D eigenvalue weighted by Gasteiger charge is 2.37. The standard InChI is InChI=1S/C10H18N4O2S/c1-14-9(4-7-12-14)17(15,16)13-10(8-11)5-2-3-6-10/h4,7,13H,2-3,5-6,8,11H2,1H3. The molecular weight excluding hydrogens is 240 g/mol. The second-order valence-corrected chi connectivity index (χ2v) is 6.22. The van der Waals surface area contributed by atoms with Gasteiger partial charge in [0, 0.05) is 19.1 Å². The van der Waals surface area contributed by atoms with Crippen molar-refractivity contribution in [3.63, 3.8) is 0 Å². The summed E-state index contributed by atoms with van der Waals surface area (Å²) in [7, 11) is -1.92. The molecule has 0 saturated heterocycles. The van der Waals surface area contributed by atoms with Gasteiger partial charge in [-0.2, -0.15) is 5.10 Å². The summed E-state index contributed by atoms with van der Waals surface area (Å²) in [5.74, 6) is 0. The summed E-state index contributed by atoms with van der Waals surface area (Å²) < 4.78 is 28.5. The molecule has 1 saturated carbocycles. The molecule has 0 radical (unpaired) electrons. The number of rotatable bonds is 4. The smallest absolute Gasteiger partial charge is 0.258 e. The van der Waals surface area contributed by atoms with Crippen molar-refractivity contribution in [2.75, 3.05) is 6.54 Å². The van der Waals surface area contributed by atoms with Gasteiger partial charge < -0.3 is 5.73 Å². The predicted octanol–water partition coefficient (Wildman–Crippen LogP) is -0.0301. The van der Waals surface area contributed by atoms with Crippen molar-refractivity contribution in [2.24, 2.45) is 12.8 Å². The lowest BCUT2D eigenvalue weighted by molar-refractivity contribution is 0.397. The highest BCUT2D eigenvalue weighted by atomic mass is 32.2. The van der Waals surface area contributed by atoms with E-state index in [2.05, 4.69) is 9.82 Å². The van der Waals surface area contributed by atoms with Crippen molar-refractivity contribution in [1.29, 1.82) is 0 Å². The van der Waals surface area contributed by atoms with Crippen LogP contribution in [0.1, 0.15) is 25.7 Å². The van der Waals surface area contributed by atoms with Crippen molar-refractivity contribution >= 4 is 10.0 Å². The van der Waals surface area contributed by atoms with Crippen LogP contribution >= 0.6 is 0 Å². The lowest BCUT2D eigenvalue weighted by atomic mass is 10.0. The van der Waals surface area contributed by atoms with Crippen LogP contribution in [-0.2, 0) is 17.1 Å². The fourth-order valence-corrected chi connectivity index (χ4v) is 3.96. The van der Waals surface area contributed by atoms with Gasteiger partial charge >= 0.3 is 0 Å². The summed E-state index contributed by atoms with van der Waals surface area (Å²) in [6.07, 6.45) is 5.12. The molecule has 3 N–H and O–H groups in total. The Morgan fingerprint density at radius 1 is 1.53 bits per heavy atom.